The molecule has 2 rings (SSSR count). The number of nitrogens with one attached hydrogen (secondary N) is 1. The van der Waals surface area contributed by atoms with E-state index >= 15 is 0 Å². The predicted octanol–water partition coefficient (Wildman–Crippen LogP) is 4.79. The van der Waals surface area contributed by atoms with Crippen molar-refractivity contribution in [1.29, 1.82) is 0 Å². The molecule has 112 valence electrons. The maximum absolute atomic E-state index is 12.0. The molecule has 1 aromatic carbocycles. The number of hydrogen-bond donors (Lipinski definition) is 1. The van der Waals surface area contributed by atoms with Crippen LogP contribution in [0.2, 0.25) is 0 Å². The van der Waals surface area contributed by atoms with Crippen molar-refractivity contribution in [2.45, 2.75) is 30.9 Å². The minimum absolute atomic E-state index is 0.108. The minimum Gasteiger partial charge on any atom is -0.309 e. The third-order valence-corrected chi connectivity index (χ3v) is 5.64. The van der Waals surface area contributed by atoms with Crippen LogP contribution in [0.25, 0.3) is 0 Å². The fourth-order valence-corrected chi connectivity index (χ4v) is 3.64. The molecule has 0 bridgehead atoms. The number of rotatable bonds is 5. The summed E-state index contributed by atoms with van der Waals surface area (Å²) >= 11 is 8.50. The molecule has 6 heteroatoms. The SMILES string of the molecule is CC(C)Cc1nc(CSc2ccccc2Br)[nH]c(=O)c1Br. The first-order chi connectivity index (χ1) is 9.97. The number of thioether (sulfide) groups is 1. The van der Waals surface area contributed by atoms with Crippen LogP contribution >= 0.6 is 43.6 Å². The third kappa shape index (κ3) is 4.69. The molecule has 0 aliphatic carbocycles. The van der Waals surface area contributed by atoms with Gasteiger partial charge in [-0.15, -0.1) is 11.8 Å². The molecule has 0 spiro atoms. The number of benzene rings is 1. The minimum atomic E-state index is -0.108. The van der Waals surface area contributed by atoms with Gasteiger partial charge in [0, 0.05) is 9.37 Å². The highest BCUT2D eigenvalue weighted by Crippen LogP contribution is 2.29. The van der Waals surface area contributed by atoms with Crippen LogP contribution in [0.4, 0.5) is 0 Å². The fraction of sp³-hybridized carbons (Fsp3) is 0.333. The topological polar surface area (TPSA) is 45.8 Å². The van der Waals surface area contributed by atoms with Crippen LogP contribution in [-0.2, 0) is 12.2 Å². The summed E-state index contributed by atoms with van der Waals surface area (Å²) in [5, 5.41) is 0. The zero-order valence-electron chi connectivity index (χ0n) is 11.8. The number of H-pyrrole nitrogens is 1. The molecule has 0 aliphatic rings. The Labute approximate surface area is 145 Å². The maximum Gasteiger partial charge on any atom is 0.265 e. The standard InChI is InChI=1S/C15H16Br2N2OS/c1-9(2)7-11-14(17)15(20)19-13(18-11)8-21-12-6-4-3-5-10(12)16/h3-6,9H,7-8H2,1-2H3,(H,18,19,20). The molecular weight excluding hydrogens is 416 g/mol. The lowest BCUT2D eigenvalue weighted by Gasteiger charge is -2.09. The molecule has 0 saturated heterocycles. The Morgan fingerprint density at radius 3 is 2.67 bits per heavy atom. The molecule has 3 nitrogen and oxygen atoms in total. The monoisotopic (exact) mass is 430 g/mol. The summed E-state index contributed by atoms with van der Waals surface area (Å²) in [6, 6.07) is 8.02. The van der Waals surface area contributed by atoms with E-state index in [2.05, 4.69) is 55.7 Å². The number of aromatic amines is 1. The van der Waals surface area contributed by atoms with E-state index in [4.69, 9.17) is 0 Å². The normalized spacial score (nSPS) is 11.1. The van der Waals surface area contributed by atoms with Gasteiger partial charge in [0.15, 0.2) is 0 Å². The van der Waals surface area contributed by atoms with Gasteiger partial charge in [0.2, 0.25) is 0 Å². The van der Waals surface area contributed by atoms with E-state index in [9.17, 15) is 4.79 Å². The van der Waals surface area contributed by atoms with Gasteiger partial charge in [-0.25, -0.2) is 4.98 Å². The molecule has 1 aromatic heterocycles. The van der Waals surface area contributed by atoms with Gasteiger partial charge in [-0.05, 0) is 56.3 Å². The Hall–Kier alpha value is -0.590. The summed E-state index contributed by atoms with van der Waals surface area (Å²) in [4.78, 5) is 20.5. The number of hydrogen-bond acceptors (Lipinski definition) is 3. The van der Waals surface area contributed by atoms with Crippen LogP contribution in [-0.4, -0.2) is 9.97 Å². The number of aromatic nitrogens is 2. The van der Waals surface area contributed by atoms with Gasteiger partial charge in [-0.3, -0.25) is 4.79 Å². The highest BCUT2D eigenvalue weighted by molar-refractivity contribution is 9.10. The second-order valence-corrected chi connectivity index (χ2v) is 7.75. The molecular formula is C15H16Br2N2OS. The molecule has 0 unspecified atom stereocenters. The van der Waals surface area contributed by atoms with E-state index in [1.54, 1.807) is 11.8 Å². The third-order valence-electron chi connectivity index (χ3n) is 2.78. The van der Waals surface area contributed by atoms with Crippen molar-refractivity contribution in [3.8, 4) is 0 Å². The van der Waals surface area contributed by atoms with E-state index in [1.807, 2.05) is 24.3 Å². The Kier molecular flexibility index (Phi) is 6.08. The first-order valence-electron chi connectivity index (χ1n) is 6.62. The molecule has 0 radical (unpaired) electrons. The Balaban J connectivity index is 2.19. The van der Waals surface area contributed by atoms with E-state index in [1.165, 1.54) is 0 Å². The van der Waals surface area contributed by atoms with Gasteiger partial charge in [0.1, 0.15) is 10.3 Å². The lowest BCUT2D eigenvalue weighted by Crippen LogP contribution is -2.16. The molecule has 0 saturated carbocycles. The van der Waals surface area contributed by atoms with Gasteiger partial charge in [-0.2, -0.15) is 0 Å². The summed E-state index contributed by atoms with van der Waals surface area (Å²) in [6.07, 6.45) is 0.789. The highest BCUT2D eigenvalue weighted by Gasteiger charge is 2.11. The number of nitrogens with zero attached hydrogens (tertiary/aromatic N) is 1. The summed E-state index contributed by atoms with van der Waals surface area (Å²) in [5.74, 6) is 1.80. The quantitative estimate of drug-likeness (QED) is 0.692. The molecule has 21 heavy (non-hydrogen) atoms. The van der Waals surface area contributed by atoms with Crippen molar-refractivity contribution in [3.05, 3.63) is 55.1 Å². The largest absolute Gasteiger partial charge is 0.309 e. The van der Waals surface area contributed by atoms with Crippen molar-refractivity contribution >= 4 is 43.6 Å². The van der Waals surface area contributed by atoms with E-state index in [0.29, 0.717) is 22.0 Å². The average molecular weight is 432 g/mol. The molecule has 0 fully saturated rings. The predicted molar refractivity (Wildman–Crippen MR) is 94.8 cm³/mol. The first kappa shape index (κ1) is 16.8. The summed E-state index contributed by atoms with van der Waals surface area (Å²) in [7, 11) is 0. The van der Waals surface area contributed by atoms with Crippen molar-refractivity contribution in [3.63, 3.8) is 0 Å². The van der Waals surface area contributed by atoms with Crippen molar-refractivity contribution in [1.82, 2.24) is 9.97 Å². The summed E-state index contributed by atoms with van der Waals surface area (Å²) in [5.41, 5.74) is 0.722. The van der Waals surface area contributed by atoms with Crippen LogP contribution < -0.4 is 5.56 Å². The first-order valence-corrected chi connectivity index (χ1v) is 9.19. The summed E-state index contributed by atoms with van der Waals surface area (Å²) in [6.45, 7) is 4.23. The Morgan fingerprint density at radius 1 is 1.29 bits per heavy atom. The fourth-order valence-electron chi connectivity index (χ4n) is 1.86. The van der Waals surface area contributed by atoms with Gasteiger partial charge in [0.05, 0.1) is 11.4 Å². The van der Waals surface area contributed by atoms with Crippen LogP contribution in [0.5, 0.6) is 0 Å². The van der Waals surface area contributed by atoms with Crippen LogP contribution in [0.1, 0.15) is 25.4 Å². The molecule has 1 N–H and O–H groups in total. The second kappa shape index (κ2) is 7.61. The van der Waals surface area contributed by atoms with Crippen molar-refractivity contribution < 1.29 is 0 Å². The zero-order valence-corrected chi connectivity index (χ0v) is 15.8. The zero-order chi connectivity index (χ0) is 15.4. The lowest BCUT2D eigenvalue weighted by atomic mass is 10.1. The van der Waals surface area contributed by atoms with Gasteiger partial charge in [-0.1, -0.05) is 26.0 Å². The van der Waals surface area contributed by atoms with Crippen LogP contribution in [0.15, 0.2) is 42.9 Å². The maximum atomic E-state index is 12.0. The second-order valence-electron chi connectivity index (χ2n) is 5.09. The lowest BCUT2D eigenvalue weighted by molar-refractivity contribution is 0.628. The summed E-state index contributed by atoms with van der Waals surface area (Å²) < 4.78 is 1.60. The van der Waals surface area contributed by atoms with E-state index in [0.717, 1.165) is 21.5 Å². The van der Waals surface area contributed by atoms with Gasteiger partial charge >= 0.3 is 0 Å². The molecule has 0 aliphatic heterocycles. The Bertz CT molecular complexity index is 686. The Morgan fingerprint density at radius 2 is 2.00 bits per heavy atom. The van der Waals surface area contributed by atoms with Crippen molar-refractivity contribution in [2.24, 2.45) is 5.92 Å². The van der Waals surface area contributed by atoms with E-state index < -0.39 is 0 Å². The highest BCUT2D eigenvalue weighted by atomic mass is 79.9. The van der Waals surface area contributed by atoms with Crippen LogP contribution in [0, 0.1) is 5.92 Å². The number of halogens is 2. The van der Waals surface area contributed by atoms with Gasteiger partial charge in [0.25, 0.3) is 5.56 Å². The molecule has 2 aromatic rings. The molecule has 1 heterocycles. The van der Waals surface area contributed by atoms with Crippen LogP contribution in [0.3, 0.4) is 0 Å². The van der Waals surface area contributed by atoms with Crippen molar-refractivity contribution in [2.75, 3.05) is 0 Å². The molecule has 0 amide bonds. The molecule has 0 atom stereocenters. The smallest absolute Gasteiger partial charge is 0.265 e. The van der Waals surface area contributed by atoms with Gasteiger partial charge < -0.3 is 4.98 Å². The van der Waals surface area contributed by atoms with E-state index in [-0.39, 0.29) is 5.56 Å². The average Bonchev–Trinajstić information content (AvgIpc) is 2.42.